The third kappa shape index (κ3) is 3.62. The monoisotopic (exact) mass is 348 g/mol. The van der Waals surface area contributed by atoms with Crippen molar-refractivity contribution in [3.8, 4) is 5.75 Å². The number of carbonyl (C=O) groups excluding carboxylic acids is 2. The standard InChI is InChI=1S/C18H24N2O5/c1-11(2)7-15-14-4-3-12(17(21)19-23)8-16(14)25-6-5-20(15)18(22)13-9-24-10-13/h3-4,8,11,13,15,23H,5-7,9-10H2,1-2H3,(H,19,21). The zero-order chi connectivity index (χ0) is 18.0. The Bertz CT molecular complexity index is 657. The van der Waals surface area contributed by atoms with Crippen LogP contribution in [-0.2, 0) is 9.53 Å². The summed E-state index contributed by atoms with van der Waals surface area (Å²) in [4.78, 5) is 26.4. The van der Waals surface area contributed by atoms with Crippen molar-refractivity contribution in [3.05, 3.63) is 29.3 Å². The van der Waals surface area contributed by atoms with Crippen LogP contribution in [0.15, 0.2) is 18.2 Å². The fraction of sp³-hybridized carbons (Fsp3) is 0.556. The van der Waals surface area contributed by atoms with E-state index in [4.69, 9.17) is 14.7 Å². The second kappa shape index (κ2) is 7.41. The molecule has 2 amide bonds. The maximum atomic E-state index is 12.8. The second-order valence-corrected chi connectivity index (χ2v) is 6.95. The Hall–Kier alpha value is -2.12. The Morgan fingerprint density at radius 1 is 1.36 bits per heavy atom. The number of rotatable bonds is 4. The summed E-state index contributed by atoms with van der Waals surface area (Å²) in [5.41, 5.74) is 2.85. The Kier molecular flexibility index (Phi) is 5.24. The summed E-state index contributed by atoms with van der Waals surface area (Å²) in [5, 5.41) is 8.82. The summed E-state index contributed by atoms with van der Waals surface area (Å²) in [7, 11) is 0. The van der Waals surface area contributed by atoms with E-state index in [1.807, 2.05) is 11.0 Å². The molecule has 0 saturated carbocycles. The highest BCUT2D eigenvalue weighted by Crippen LogP contribution is 2.38. The first-order valence-electron chi connectivity index (χ1n) is 8.60. The molecule has 1 saturated heterocycles. The lowest BCUT2D eigenvalue weighted by Crippen LogP contribution is -2.47. The van der Waals surface area contributed by atoms with Crippen LogP contribution in [0.4, 0.5) is 0 Å². The minimum absolute atomic E-state index is 0.0735. The smallest absolute Gasteiger partial charge is 0.274 e. The van der Waals surface area contributed by atoms with Crippen molar-refractivity contribution in [1.82, 2.24) is 10.4 Å². The molecular weight excluding hydrogens is 324 g/mol. The number of fused-ring (bicyclic) bond motifs is 1. The Morgan fingerprint density at radius 3 is 2.72 bits per heavy atom. The number of amides is 2. The van der Waals surface area contributed by atoms with Gasteiger partial charge in [0.05, 0.1) is 31.7 Å². The normalized spacial score (nSPS) is 20.3. The molecule has 2 aliphatic heterocycles. The number of hydrogen-bond donors (Lipinski definition) is 2. The third-order valence-electron chi connectivity index (χ3n) is 4.67. The van der Waals surface area contributed by atoms with E-state index in [-0.39, 0.29) is 17.9 Å². The van der Waals surface area contributed by atoms with Gasteiger partial charge >= 0.3 is 0 Å². The molecule has 0 aromatic heterocycles. The molecule has 0 aliphatic carbocycles. The maximum Gasteiger partial charge on any atom is 0.274 e. The molecule has 1 atom stereocenters. The second-order valence-electron chi connectivity index (χ2n) is 6.95. The summed E-state index contributed by atoms with van der Waals surface area (Å²) in [6.45, 7) is 6.07. The van der Waals surface area contributed by atoms with Crippen LogP contribution in [0.3, 0.4) is 0 Å². The van der Waals surface area contributed by atoms with Crippen molar-refractivity contribution in [2.45, 2.75) is 26.3 Å². The number of nitrogens with zero attached hydrogens (tertiary/aromatic N) is 1. The van der Waals surface area contributed by atoms with Crippen LogP contribution in [0.25, 0.3) is 0 Å². The largest absolute Gasteiger partial charge is 0.491 e. The highest BCUT2D eigenvalue weighted by molar-refractivity contribution is 5.94. The Balaban J connectivity index is 1.95. The predicted octanol–water partition coefficient (Wildman–Crippen LogP) is 1.76. The maximum absolute atomic E-state index is 12.8. The zero-order valence-electron chi connectivity index (χ0n) is 14.5. The first kappa shape index (κ1) is 17.7. The lowest BCUT2D eigenvalue weighted by molar-refractivity contribution is -0.153. The Labute approximate surface area is 146 Å². The van der Waals surface area contributed by atoms with Crippen molar-refractivity contribution >= 4 is 11.8 Å². The van der Waals surface area contributed by atoms with E-state index in [1.165, 1.54) is 0 Å². The van der Waals surface area contributed by atoms with Gasteiger partial charge in [0.15, 0.2) is 0 Å². The predicted molar refractivity (Wildman–Crippen MR) is 89.4 cm³/mol. The minimum Gasteiger partial charge on any atom is -0.491 e. The van der Waals surface area contributed by atoms with E-state index >= 15 is 0 Å². The van der Waals surface area contributed by atoms with Gasteiger partial charge in [-0.3, -0.25) is 14.8 Å². The van der Waals surface area contributed by atoms with E-state index in [2.05, 4.69) is 13.8 Å². The Morgan fingerprint density at radius 2 is 2.12 bits per heavy atom. The van der Waals surface area contributed by atoms with E-state index in [1.54, 1.807) is 17.6 Å². The first-order valence-corrected chi connectivity index (χ1v) is 8.60. The molecule has 7 nitrogen and oxygen atoms in total. The van der Waals surface area contributed by atoms with Gasteiger partial charge < -0.3 is 14.4 Å². The van der Waals surface area contributed by atoms with Crippen LogP contribution in [0.5, 0.6) is 5.75 Å². The number of hydroxylamine groups is 1. The van der Waals surface area contributed by atoms with Gasteiger partial charge in [-0.25, -0.2) is 5.48 Å². The summed E-state index contributed by atoms with van der Waals surface area (Å²) in [6, 6.07) is 4.98. The average Bonchev–Trinajstić information content (AvgIpc) is 2.71. The molecule has 0 bridgehead atoms. The van der Waals surface area contributed by atoms with Gasteiger partial charge in [0.25, 0.3) is 5.91 Å². The summed E-state index contributed by atoms with van der Waals surface area (Å²) < 4.78 is 11.0. The summed E-state index contributed by atoms with van der Waals surface area (Å²) in [5.74, 6) is 0.424. The van der Waals surface area contributed by atoms with Gasteiger partial charge in [0.2, 0.25) is 5.91 Å². The molecule has 0 spiro atoms. The van der Waals surface area contributed by atoms with Crippen LogP contribution in [0.1, 0.15) is 42.2 Å². The van der Waals surface area contributed by atoms with Crippen molar-refractivity contribution in [3.63, 3.8) is 0 Å². The molecule has 1 fully saturated rings. The molecule has 2 N–H and O–H groups in total. The molecule has 1 aromatic carbocycles. The van der Waals surface area contributed by atoms with E-state index < -0.39 is 5.91 Å². The number of ether oxygens (including phenoxy) is 2. The van der Waals surface area contributed by atoms with Gasteiger partial charge in [-0.2, -0.15) is 0 Å². The molecule has 3 rings (SSSR count). The van der Waals surface area contributed by atoms with Crippen LogP contribution in [0.2, 0.25) is 0 Å². The topological polar surface area (TPSA) is 88.1 Å². The highest BCUT2D eigenvalue weighted by atomic mass is 16.5. The summed E-state index contributed by atoms with van der Waals surface area (Å²) in [6.07, 6.45) is 0.807. The van der Waals surface area contributed by atoms with Crippen LogP contribution in [-0.4, -0.2) is 48.3 Å². The van der Waals surface area contributed by atoms with Gasteiger partial charge in [-0.05, 0) is 24.5 Å². The van der Waals surface area contributed by atoms with E-state index in [0.717, 1.165) is 12.0 Å². The lowest BCUT2D eigenvalue weighted by atomic mass is 9.92. The van der Waals surface area contributed by atoms with Gasteiger partial charge in [-0.15, -0.1) is 0 Å². The molecular formula is C18H24N2O5. The minimum atomic E-state index is -0.587. The fourth-order valence-electron chi connectivity index (χ4n) is 3.30. The van der Waals surface area contributed by atoms with Gasteiger partial charge in [0, 0.05) is 11.1 Å². The molecule has 25 heavy (non-hydrogen) atoms. The third-order valence-corrected chi connectivity index (χ3v) is 4.67. The molecule has 1 aromatic rings. The van der Waals surface area contributed by atoms with E-state index in [0.29, 0.717) is 43.6 Å². The quantitative estimate of drug-likeness (QED) is 0.639. The zero-order valence-corrected chi connectivity index (χ0v) is 14.5. The number of carbonyl (C=O) groups is 2. The van der Waals surface area contributed by atoms with Gasteiger partial charge in [0.1, 0.15) is 12.4 Å². The van der Waals surface area contributed by atoms with Crippen LogP contribution in [0, 0.1) is 11.8 Å². The lowest BCUT2D eigenvalue weighted by Gasteiger charge is -2.36. The number of benzene rings is 1. The molecule has 0 radical (unpaired) electrons. The summed E-state index contributed by atoms with van der Waals surface area (Å²) >= 11 is 0. The van der Waals surface area contributed by atoms with Crippen molar-refractivity contribution in [1.29, 1.82) is 0 Å². The highest BCUT2D eigenvalue weighted by Gasteiger charge is 2.37. The number of hydrogen-bond acceptors (Lipinski definition) is 5. The number of nitrogens with one attached hydrogen (secondary N) is 1. The fourth-order valence-corrected chi connectivity index (χ4v) is 3.30. The van der Waals surface area contributed by atoms with Crippen molar-refractivity contribution < 1.29 is 24.3 Å². The molecule has 7 heteroatoms. The SMILES string of the molecule is CC(C)CC1c2ccc(C(=O)NO)cc2OCCN1C(=O)C1COC1. The van der Waals surface area contributed by atoms with Crippen LogP contribution < -0.4 is 10.2 Å². The van der Waals surface area contributed by atoms with Crippen molar-refractivity contribution in [2.75, 3.05) is 26.4 Å². The van der Waals surface area contributed by atoms with E-state index in [9.17, 15) is 9.59 Å². The molecule has 2 heterocycles. The van der Waals surface area contributed by atoms with Crippen LogP contribution >= 0.6 is 0 Å². The first-order chi connectivity index (χ1) is 12.0. The molecule has 1 unspecified atom stereocenters. The van der Waals surface area contributed by atoms with Gasteiger partial charge in [-0.1, -0.05) is 19.9 Å². The molecule has 136 valence electrons. The molecule has 2 aliphatic rings. The van der Waals surface area contributed by atoms with Crippen molar-refractivity contribution in [2.24, 2.45) is 11.8 Å². The average molecular weight is 348 g/mol.